The highest BCUT2D eigenvalue weighted by Crippen LogP contribution is 2.26. The van der Waals surface area contributed by atoms with Crippen molar-refractivity contribution in [3.8, 4) is 0 Å². The minimum absolute atomic E-state index is 0.0488. The lowest BCUT2D eigenvalue weighted by Crippen LogP contribution is -2.45. The van der Waals surface area contributed by atoms with E-state index in [0.29, 0.717) is 28.8 Å². The van der Waals surface area contributed by atoms with E-state index in [-0.39, 0.29) is 6.42 Å². The number of thioether (sulfide) groups is 1. The summed E-state index contributed by atoms with van der Waals surface area (Å²) in [6.45, 7) is 3.44. The number of rotatable bonds is 7. The van der Waals surface area contributed by atoms with Crippen molar-refractivity contribution in [1.29, 1.82) is 0 Å². The molecule has 22 heavy (non-hydrogen) atoms. The molecule has 0 bridgehead atoms. The summed E-state index contributed by atoms with van der Waals surface area (Å²) in [4.78, 5) is 22.8. The van der Waals surface area contributed by atoms with E-state index < -0.39 is 23.3 Å². The van der Waals surface area contributed by atoms with Gasteiger partial charge < -0.3 is 15.7 Å². The number of carboxylic acids is 1. The first-order valence-electron chi connectivity index (χ1n) is 6.54. The second-order valence-electron chi connectivity index (χ2n) is 5.26. The lowest BCUT2D eigenvalue weighted by molar-refractivity contribution is -0.137. The van der Waals surface area contributed by atoms with Gasteiger partial charge in [-0.15, -0.1) is 0 Å². The molecule has 122 valence electrons. The Labute approximate surface area is 131 Å². The summed E-state index contributed by atoms with van der Waals surface area (Å²) in [7, 11) is 0. The Bertz CT molecular complexity index is 521. The van der Waals surface area contributed by atoms with Crippen LogP contribution in [0, 0.1) is 0 Å². The molecule has 0 atom stereocenters. The van der Waals surface area contributed by atoms with Gasteiger partial charge in [0, 0.05) is 22.5 Å². The molecule has 0 aromatic heterocycles. The SMILES string of the molecule is CC(C)(CCC(=O)O)NC(=O)Nc1ccc(SC(F)F)cc1. The minimum Gasteiger partial charge on any atom is -0.481 e. The number of anilines is 1. The van der Waals surface area contributed by atoms with E-state index in [9.17, 15) is 18.4 Å². The van der Waals surface area contributed by atoms with Gasteiger partial charge in [0.05, 0.1) is 0 Å². The highest BCUT2D eigenvalue weighted by Gasteiger charge is 2.21. The minimum atomic E-state index is -2.49. The number of urea groups is 1. The molecule has 0 aliphatic heterocycles. The molecule has 0 unspecified atom stereocenters. The Kier molecular flexibility index (Phi) is 6.61. The average molecular weight is 332 g/mol. The van der Waals surface area contributed by atoms with E-state index in [1.807, 2.05) is 0 Å². The third-order valence-corrected chi connectivity index (χ3v) is 3.48. The summed E-state index contributed by atoms with van der Waals surface area (Å²) in [6.07, 6.45) is 0.243. The van der Waals surface area contributed by atoms with Gasteiger partial charge >= 0.3 is 12.0 Å². The normalized spacial score (nSPS) is 11.3. The number of hydrogen-bond acceptors (Lipinski definition) is 3. The maximum atomic E-state index is 12.2. The number of halogens is 2. The van der Waals surface area contributed by atoms with Crippen LogP contribution in [0.15, 0.2) is 29.2 Å². The Morgan fingerprint density at radius 1 is 1.27 bits per heavy atom. The zero-order valence-corrected chi connectivity index (χ0v) is 13.0. The number of hydrogen-bond donors (Lipinski definition) is 3. The van der Waals surface area contributed by atoms with Crippen molar-refractivity contribution in [1.82, 2.24) is 5.32 Å². The van der Waals surface area contributed by atoms with Gasteiger partial charge in [0.25, 0.3) is 5.76 Å². The van der Waals surface area contributed by atoms with E-state index in [2.05, 4.69) is 10.6 Å². The van der Waals surface area contributed by atoms with Gasteiger partial charge in [-0.2, -0.15) is 8.78 Å². The maximum Gasteiger partial charge on any atom is 0.319 e. The number of aliphatic carboxylic acids is 1. The Morgan fingerprint density at radius 2 is 1.86 bits per heavy atom. The first-order valence-corrected chi connectivity index (χ1v) is 7.42. The standard InChI is InChI=1S/C14H18F2N2O3S/c1-14(2,8-7-11(19)20)18-13(21)17-9-3-5-10(6-4-9)22-12(15)16/h3-6,12H,7-8H2,1-2H3,(H,19,20)(H2,17,18,21). The molecule has 5 nitrogen and oxygen atoms in total. The molecule has 0 aliphatic rings. The van der Waals surface area contributed by atoms with Crippen LogP contribution in [0.5, 0.6) is 0 Å². The number of nitrogens with one attached hydrogen (secondary N) is 2. The summed E-state index contributed by atoms with van der Waals surface area (Å²) in [5, 5.41) is 13.9. The third kappa shape index (κ3) is 7.26. The van der Waals surface area contributed by atoms with E-state index in [1.165, 1.54) is 24.3 Å². The van der Waals surface area contributed by atoms with Crippen LogP contribution in [-0.2, 0) is 4.79 Å². The molecule has 0 aliphatic carbocycles. The highest BCUT2D eigenvalue weighted by molar-refractivity contribution is 7.99. The molecule has 0 saturated heterocycles. The first kappa shape index (κ1) is 18.2. The lowest BCUT2D eigenvalue weighted by Gasteiger charge is -2.25. The van der Waals surface area contributed by atoms with Gasteiger partial charge in [-0.25, -0.2) is 4.79 Å². The fourth-order valence-electron chi connectivity index (χ4n) is 1.67. The van der Waals surface area contributed by atoms with Gasteiger partial charge in [0.1, 0.15) is 0 Å². The summed E-state index contributed by atoms with van der Waals surface area (Å²) in [5.41, 5.74) is -0.210. The molecule has 1 rings (SSSR count). The fraction of sp³-hybridized carbons (Fsp3) is 0.429. The fourth-order valence-corrected chi connectivity index (χ4v) is 2.17. The predicted molar refractivity (Wildman–Crippen MR) is 81.4 cm³/mol. The van der Waals surface area contributed by atoms with Gasteiger partial charge in [0.2, 0.25) is 0 Å². The third-order valence-electron chi connectivity index (χ3n) is 2.75. The summed E-state index contributed by atoms with van der Waals surface area (Å²) in [6, 6.07) is 5.54. The van der Waals surface area contributed by atoms with E-state index in [4.69, 9.17) is 5.11 Å². The quantitative estimate of drug-likeness (QED) is 0.664. The van der Waals surface area contributed by atoms with Gasteiger partial charge in [-0.3, -0.25) is 4.79 Å². The lowest BCUT2D eigenvalue weighted by atomic mass is 9.99. The monoisotopic (exact) mass is 332 g/mol. The van der Waals surface area contributed by atoms with Crippen LogP contribution in [0.1, 0.15) is 26.7 Å². The van der Waals surface area contributed by atoms with Crippen LogP contribution in [0.3, 0.4) is 0 Å². The predicted octanol–water partition coefficient (Wildman–Crippen LogP) is 3.77. The van der Waals surface area contributed by atoms with Crippen molar-refractivity contribution in [2.24, 2.45) is 0 Å². The van der Waals surface area contributed by atoms with E-state index >= 15 is 0 Å². The number of alkyl halides is 2. The smallest absolute Gasteiger partial charge is 0.319 e. The van der Waals surface area contributed by atoms with Crippen molar-refractivity contribution >= 4 is 29.4 Å². The van der Waals surface area contributed by atoms with Crippen molar-refractivity contribution in [2.75, 3.05) is 5.32 Å². The van der Waals surface area contributed by atoms with Crippen LogP contribution >= 0.6 is 11.8 Å². The highest BCUT2D eigenvalue weighted by atomic mass is 32.2. The molecule has 0 heterocycles. The Morgan fingerprint density at radius 3 is 2.36 bits per heavy atom. The summed E-state index contributed by atoms with van der Waals surface area (Å²) < 4.78 is 24.4. The number of carboxylic acid groups (broad SMARTS) is 1. The van der Waals surface area contributed by atoms with Gasteiger partial charge in [-0.05, 0) is 44.5 Å². The molecule has 3 N–H and O–H groups in total. The largest absolute Gasteiger partial charge is 0.481 e. The van der Waals surface area contributed by atoms with Crippen LogP contribution in [0.25, 0.3) is 0 Å². The van der Waals surface area contributed by atoms with Gasteiger partial charge in [0.15, 0.2) is 0 Å². The van der Waals surface area contributed by atoms with Crippen LogP contribution in [0.4, 0.5) is 19.3 Å². The van der Waals surface area contributed by atoms with Gasteiger partial charge in [-0.1, -0.05) is 11.8 Å². The number of carbonyl (C=O) groups excluding carboxylic acids is 1. The molecule has 1 aromatic carbocycles. The molecule has 0 radical (unpaired) electrons. The van der Waals surface area contributed by atoms with Crippen LogP contribution in [0.2, 0.25) is 0 Å². The van der Waals surface area contributed by atoms with Crippen molar-refractivity contribution in [2.45, 2.75) is 42.9 Å². The van der Waals surface area contributed by atoms with E-state index in [0.717, 1.165) is 0 Å². The molecule has 0 fully saturated rings. The Balaban J connectivity index is 2.52. The van der Waals surface area contributed by atoms with Crippen molar-refractivity contribution in [3.63, 3.8) is 0 Å². The molecule has 0 saturated carbocycles. The second-order valence-corrected chi connectivity index (χ2v) is 6.32. The number of carbonyl (C=O) groups is 2. The zero-order valence-electron chi connectivity index (χ0n) is 12.2. The van der Waals surface area contributed by atoms with Crippen LogP contribution in [-0.4, -0.2) is 28.4 Å². The topological polar surface area (TPSA) is 78.4 Å². The van der Waals surface area contributed by atoms with Crippen molar-refractivity contribution in [3.05, 3.63) is 24.3 Å². The zero-order chi connectivity index (χ0) is 16.8. The summed E-state index contributed by atoms with van der Waals surface area (Å²) in [5.74, 6) is -3.42. The summed E-state index contributed by atoms with van der Waals surface area (Å²) >= 11 is 0.428. The molecule has 1 aromatic rings. The molecular weight excluding hydrogens is 314 g/mol. The second kappa shape index (κ2) is 7.98. The first-order chi connectivity index (χ1) is 10.2. The average Bonchev–Trinajstić information content (AvgIpc) is 2.37. The Hall–Kier alpha value is -1.83. The van der Waals surface area contributed by atoms with Crippen LogP contribution < -0.4 is 10.6 Å². The molecule has 2 amide bonds. The molecule has 8 heteroatoms. The number of benzene rings is 1. The maximum absolute atomic E-state index is 12.2. The van der Waals surface area contributed by atoms with E-state index in [1.54, 1.807) is 13.8 Å². The molecular formula is C14H18F2N2O3S. The van der Waals surface area contributed by atoms with Crippen molar-refractivity contribution < 1.29 is 23.5 Å². The number of amides is 2. The molecule has 0 spiro atoms.